The summed E-state index contributed by atoms with van der Waals surface area (Å²) in [5.41, 5.74) is 2.33. The molecule has 1 aliphatic carbocycles. The maximum Gasteiger partial charge on any atom is 0.410 e. The minimum absolute atomic E-state index is 0.152. The highest BCUT2D eigenvalue weighted by atomic mass is 19.1. The van der Waals surface area contributed by atoms with Crippen LogP contribution in [0.15, 0.2) is 47.1 Å². The van der Waals surface area contributed by atoms with E-state index in [2.05, 4.69) is 5.16 Å². The molecule has 0 bridgehead atoms. The van der Waals surface area contributed by atoms with Gasteiger partial charge in [-0.3, -0.25) is 9.59 Å². The van der Waals surface area contributed by atoms with Crippen LogP contribution < -0.4 is 0 Å². The van der Waals surface area contributed by atoms with Crippen LogP contribution in [0.3, 0.4) is 0 Å². The van der Waals surface area contributed by atoms with E-state index in [1.54, 1.807) is 56.1 Å². The lowest BCUT2D eigenvalue weighted by molar-refractivity contribution is -0.119. The van der Waals surface area contributed by atoms with Gasteiger partial charge in [0.15, 0.2) is 17.1 Å². The van der Waals surface area contributed by atoms with E-state index in [9.17, 15) is 18.8 Å². The van der Waals surface area contributed by atoms with E-state index in [0.29, 0.717) is 51.8 Å². The van der Waals surface area contributed by atoms with E-state index in [0.717, 1.165) is 0 Å². The molecule has 0 fully saturated rings. The lowest BCUT2D eigenvalue weighted by atomic mass is 9.96. The first-order valence-electron chi connectivity index (χ1n) is 12.1. The summed E-state index contributed by atoms with van der Waals surface area (Å²) in [4.78, 5) is 40.6. The number of amides is 1. The van der Waals surface area contributed by atoms with Crippen molar-refractivity contribution in [2.45, 2.75) is 45.9 Å². The Morgan fingerprint density at radius 2 is 1.81 bits per heavy atom. The van der Waals surface area contributed by atoms with Gasteiger partial charge in [0, 0.05) is 41.2 Å². The number of ketones is 2. The maximum absolute atomic E-state index is 14.9. The highest BCUT2D eigenvalue weighted by Gasteiger charge is 2.37. The molecule has 0 N–H and O–H groups in total. The Morgan fingerprint density at radius 3 is 2.59 bits per heavy atom. The molecule has 2 aliphatic rings. The lowest BCUT2D eigenvalue weighted by Crippen LogP contribution is -2.37. The molecule has 0 spiro atoms. The second-order valence-corrected chi connectivity index (χ2v) is 10.4. The zero-order valence-corrected chi connectivity index (χ0v) is 20.6. The van der Waals surface area contributed by atoms with Crippen molar-refractivity contribution in [1.82, 2.24) is 14.6 Å². The summed E-state index contributed by atoms with van der Waals surface area (Å²) >= 11 is 0. The van der Waals surface area contributed by atoms with E-state index >= 15 is 0 Å². The van der Waals surface area contributed by atoms with Crippen LogP contribution >= 0.6 is 0 Å². The maximum atomic E-state index is 14.9. The predicted molar refractivity (Wildman–Crippen MR) is 134 cm³/mol. The Hall–Kier alpha value is -4.27. The number of carbonyl (C=O) groups is 3. The van der Waals surface area contributed by atoms with Gasteiger partial charge in [-0.2, -0.15) is 0 Å². The number of nitrogens with zero attached hydrogens (tertiary/aromatic N) is 3. The van der Waals surface area contributed by atoms with Crippen molar-refractivity contribution in [2.24, 2.45) is 0 Å². The molecule has 1 aliphatic heterocycles. The smallest absolute Gasteiger partial charge is 0.410 e. The largest absolute Gasteiger partial charge is 0.444 e. The third-order valence-corrected chi connectivity index (χ3v) is 6.65. The minimum Gasteiger partial charge on any atom is -0.444 e. The number of benzene rings is 2. The van der Waals surface area contributed by atoms with Crippen LogP contribution in [0.5, 0.6) is 0 Å². The van der Waals surface area contributed by atoms with Crippen LogP contribution in [0.4, 0.5) is 9.18 Å². The molecule has 37 heavy (non-hydrogen) atoms. The predicted octanol–water partition coefficient (Wildman–Crippen LogP) is 5.13. The Balaban J connectivity index is 1.52. The molecule has 2 aromatic heterocycles. The average molecular weight is 502 g/mol. The molecule has 2 aromatic carbocycles. The van der Waals surface area contributed by atoms with Crippen LogP contribution in [-0.2, 0) is 27.4 Å². The third kappa shape index (κ3) is 3.82. The molecule has 0 saturated heterocycles. The number of hydrogen-bond donors (Lipinski definition) is 0. The first-order chi connectivity index (χ1) is 17.6. The number of para-hydroxylation sites is 1. The molecule has 6 rings (SSSR count). The van der Waals surface area contributed by atoms with Crippen molar-refractivity contribution in [3.05, 3.63) is 65.2 Å². The van der Waals surface area contributed by atoms with Crippen molar-refractivity contribution in [2.75, 3.05) is 6.54 Å². The summed E-state index contributed by atoms with van der Waals surface area (Å²) < 4.78 is 27.8. The summed E-state index contributed by atoms with van der Waals surface area (Å²) in [6.07, 6.45) is 1.00. The van der Waals surface area contributed by atoms with Gasteiger partial charge in [0.1, 0.15) is 17.1 Å². The fourth-order valence-corrected chi connectivity index (χ4v) is 5.18. The van der Waals surface area contributed by atoms with E-state index in [-0.39, 0.29) is 35.7 Å². The number of ether oxygens (including phenoxy) is 1. The molecule has 8 nitrogen and oxygen atoms in total. The van der Waals surface area contributed by atoms with Gasteiger partial charge >= 0.3 is 6.09 Å². The molecule has 0 saturated carbocycles. The van der Waals surface area contributed by atoms with E-state index in [1.165, 1.54) is 12.1 Å². The van der Waals surface area contributed by atoms with Crippen LogP contribution in [0.25, 0.3) is 33.0 Å². The zero-order chi connectivity index (χ0) is 26.1. The van der Waals surface area contributed by atoms with Crippen LogP contribution in [0, 0.1) is 5.82 Å². The molecular weight excluding hydrogens is 477 g/mol. The van der Waals surface area contributed by atoms with Crippen LogP contribution in [0.2, 0.25) is 0 Å². The van der Waals surface area contributed by atoms with Gasteiger partial charge < -0.3 is 18.7 Å². The van der Waals surface area contributed by atoms with Gasteiger partial charge in [0.2, 0.25) is 0 Å². The number of hydrogen-bond acceptors (Lipinski definition) is 6. The number of allylic oxidation sites excluding steroid dienone is 2. The number of aromatic nitrogens is 2. The highest BCUT2D eigenvalue weighted by Crippen LogP contribution is 2.42. The summed E-state index contributed by atoms with van der Waals surface area (Å²) in [7, 11) is 0. The molecular formula is C28H24FN3O5. The lowest BCUT2D eigenvalue weighted by Gasteiger charge is -2.26. The van der Waals surface area contributed by atoms with Crippen molar-refractivity contribution in [1.29, 1.82) is 0 Å². The van der Waals surface area contributed by atoms with E-state index in [4.69, 9.17) is 9.26 Å². The zero-order valence-electron chi connectivity index (χ0n) is 20.6. The second kappa shape index (κ2) is 8.12. The fraction of sp³-hybridized carbons (Fsp3) is 0.286. The SMILES string of the molecule is CC(C)(C)OC(=O)N1CCn2cc(C3=C(c4noc5ccccc45)C(=O)CC3=O)c3cc(F)cc(c32)C1. The fourth-order valence-electron chi connectivity index (χ4n) is 5.18. The summed E-state index contributed by atoms with van der Waals surface area (Å²) in [5.74, 6) is -1.19. The van der Waals surface area contributed by atoms with Gasteiger partial charge in [-0.1, -0.05) is 17.3 Å². The topological polar surface area (TPSA) is 94.6 Å². The summed E-state index contributed by atoms with van der Waals surface area (Å²) in [5, 5.41) is 5.25. The Labute approximate surface area is 211 Å². The number of halogens is 1. The highest BCUT2D eigenvalue weighted by molar-refractivity contribution is 6.52. The third-order valence-electron chi connectivity index (χ3n) is 6.65. The molecule has 1 amide bonds. The monoisotopic (exact) mass is 501 g/mol. The Morgan fingerprint density at radius 1 is 1.05 bits per heavy atom. The van der Waals surface area contributed by atoms with Gasteiger partial charge in [0.05, 0.1) is 24.1 Å². The van der Waals surface area contributed by atoms with Gasteiger partial charge in [-0.05, 0) is 50.6 Å². The van der Waals surface area contributed by atoms with Crippen molar-refractivity contribution in [3.63, 3.8) is 0 Å². The van der Waals surface area contributed by atoms with Gasteiger partial charge in [0.25, 0.3) is 0 Å². The van der Waals surface area contributed by atoms with Gasteiger partial charge in [-0.15, -0.1) is 0 Å². The number of Topliss-reactive ketones (excluding diaryl/α,β-unsaturated/α-hetero) is 2. The molecule has 0 unspecified atom stereocenters. The van der Waals surface area contributed by atoms with Crippen LogP contribution in [-0.4, -0.2) is 44.4 Å². The molecule has 9 heteroatoms. The molecule has 0 radical (unpaired) electrons. The molecule has 0 atom stereocenters. The molecule has 4 aromatic rings. The molecule has 3 heterocycles. The normalized spacial score (nSPS) is 16.3. The first-order valence-corrected chi connectivity index (χ1v) is 12.1. The number of rotatable bonds is 2. The van der Waals surface area contributed by atoms with Crippen molar-refractivity contribution in [3.8, 4) is 0 Å². The quantitative estimate of drug-likeness (QED) is 0.354. The average Bonchev–Trinajstić information content (AvgIpc) is 3.43. The molecule has 188 valence electrons. The summed E-state index contributed by atoms with van der Waals surface area (Å²) in [6, 6.07) is 9.89. The van der Waals surface area contributed by atoms with E-state index < -0.39 is 17.5 Å². The van der Waals surface area contributed by atoms with E-state index in [1.807, 2.05) is 4.57 Å². The number of fused-ring (bicyclic) bond motifs is 1. The van der Waals surface area contributed by atoms with Crippen molar-refractivity contribution >= 4 is 50.7 Å². The summed E-state index contributed by atoms with van der Waals surface area (Å²) in [6.45, 7) is 6.28. The second-order valence-electron chi connectivity index (χ2n) is 10.4. The Bertz CT molecular complexity index is 1670. The Kier molecular flexibility index (Phi) is 5.08. The standard InChI is InChI=1S/C28H24FN3O5/c1-28(2,3)36-27(35)32-9-8-31-14-19(18-11-16(29)10-15(13-32)26(18)31)23-20(33)12-21(34)24(23)25-17-6-4-5-7-22(17)37-30-25/h4-7,10-11,14H,8-9,12-13H2,1-3H3. The van der Waals surface area contributed by atoms with Gasteiger partial charge in [-0.25, -0.2) is 9.18 Å². The first kappa shape index (κ1) is 23.1. The van der Waals surface area contributed by atoms with Crippen LogP contribution in [0.1, 0.15) is 44.0 Å². The van der Waals surface area contributed by atoms with Crippen molar-refractivity contribution < 1.29 is 28.0 Å². The number of carbonyl (C=O) groups excluding carboxylic acids is 3. The minimum atomic E-state index is -0.660.